The van der Waals surface area contributed by atoms with Crippen LogP contribution in [0.25, 0.3) is 4.96 Å². The van der Waals surface area contributed by atoms with Gasteiger partial charge in [0.05, 0.1) is 6.42 Å². The number of hydrogen-bond acceptors (Lipinski definition) is 4. The number of aromatic nitrogens is 2. The molecule has 2 aromatic rings. The molecule has 1 aliphatic rings. The van der Waals surface area contributed by atoms with E-state index in [4.69, 9.17) is 0 Å². The monoisotopic (exact) mass is 243 g/mol. The topological polar surface area (TPSA) is 63.5 Å². The summed E-state index contributed by atoms with van der Waals surface area (Å²) < 4.78 is 1.80. The van der Waals surface area contributed by atoms with Crippen molar-refractivity contribution in [2.45, 2.75) is 6.42 Å². The molecular formula is C8H6ClN3O2S. The molecule has 0 atom stereocenters. The molecule has 0 saturated heterocycles. The molecule has 3 rings (SSSR count). The van der Waals surface area contributed by atoms with E-state index in [1.54, 1.807) is 4.40 Å². The summed E-state index contributed by atoms with van der Waals surface area (Å²) in [6, 6.07) is 1.33. The number of carbonyl (C=O) groups is 1. The van der Waals surface area contributed by atoms with Crippen LogP contribution >= 0.6 is 23.7 Å². The van der Waals surface area contributed by atoms with Crippen LogP contribution in [0.2, 0.25) is 0 Å². The Balaban J connectivity index is 0.000000853. The summed E-state index contributed by atoms with van der Waals surface area (Å²) in [5.41, 5.74) is 0.562. The van der Waals surface area contributed by atoms with Gasteiger partial charge < -0.3 is 5.32 Å². The standard InChI is InChI=1S/C8H5N3O2S.ClH/c12-6-1-4-3-14-8-10-7(13)2-5(9-6)11(4)8;/h2-3H,1H2,(H,9,12);1H. The van der Waals surface area contributed by atoms with Crippen molar-refractivity contribution in [2.24, 2.45) is 0 Å². The highest BCUT2D eigenvalue weighted by Crippen LogP contribution is 2.22. The van der Waals surface area contributed by atoms with Crippen molar-refractivity contribution in [3.8, 4) is 0 Å². The Kier molecular flexibility index (Phi) is 2.24. The van der Waals surface area contributed by atoms with Crippen molar-refractivity contribution in [3.05, 3.63) is 27.5 Å². The first-order valence-corrected chi connectivity index (χ1v) is 4.92. The van der Waals surface area contributed by atoms with Crippen LogP contribution in [0.15, 0.2) is 16.2 Å². The third-order valence-corrected chi connectivity index (χ3v) is 2.97. The van der Waals surface area contributed by atoms with Gasteiger partial charge in [0.25, 0.3) is 5.56 Å². The van der Waals surface area contributed by atoms with Crippen molar-refractivity contribution in [1.29, 1.82) is 0 Å². The van der Waals surface area contributed by atoms with Gasteiger partial charge in [0.2, 0.25) is 5.91 Å². The van der Waals surface area contributed by atoms with E-state index in [1.165, 1.54) is 17.4 Å². The van der Waals surface area contributed by atoms with E-state index in [9.17, 15) is 9.59 Å². The molecule has 0 aromatic carbocycles. The largest absolute Gasteiger partial charge is 0.311 e. The lowest BCUT2D eigenvalue weighted by molar-refractivity contribution is -0.115. The lowest BCUT2D eigenvalue weighted by Crippen LogP contribution is -2.25. The number of rotatable bonds is 0. The Hall–Kier alpha value is -1.40. The fraction of sp³-hybridized carbons (Fsp3) is 0.125. The summed E-state index contributed by atoms with van der Waals surface area (Å²) >= 11 is 1.37. The van der Waals surface area contributed by atoms with Gasteiger partial charge in [-0.05, 0) is 0 Å². The predicted molar refractivity (Wildman–Crippen MR) is 58.9 cm³/mol. The highest BCUT2D eigenvalue weighted by molar-refractivity contribution is 7.15. The first kappa shape index (κ1) is 10.1. The van der Waals surface area contributed by atoms with Gasteiger partial charge in [0.1, 0.15) is 5.82 Å². The smallest absolute Gasteiger partial charge is 0.276 e. The number of hydrogen-bond donors (Lipinski definition) is 1. The molecule has 0 aliphatic carbocycles. The summed E-state index contributed by atoms with van der Waals surface area (Å²) in [4.78, 5) is 26.8. The quantitative estimate of drug-likeness (QED) is 0.740. The van der Waals surface area contributed by atoms with E-state index < -0.39 is 0 Å². The number of anilines is 1. The second kappa shape index (κ2) is 3.32. The van der Waals surface area contributed by atoms with E-state index in [0.29, 0.717) is 17.2 Å². The van der Waals surface area contributed by atoms with E-state index in [2.05, 4.69) is 10.3 Å². The highest BCUT2D eigenvalue weighted by Gasteiger charge is 2.18. The van der Waals surface area contributed by atoms with Crippen LogP contribution in [0.5, 0.6) is 0 Å². The Bertz CT molecular complexity index is 603. The molecule has 7 heteroatoms. The van der Waals surface area contributed by atoms with Crippen molar-refractivity contribution < 1.29 is 4.79 Å². The van der Waals surface area contributed by atoms with E-state index in [1.807, 2.05) is 5.38 Å². The molecule has 78 valence electrons. The molecule has 3 heterocycles. The van der Waals surface area contributed by atoms with Crippen LogP contribution in [0.3, 0.4) is 0 Å². The number of amides is 1. The number of thiazole rings is 1. The second-order valence-electron chi connectivity index (χ2n) is 3.05. The van der Waals surface area contributed by atoms with E-state index in [-0.39, 0.29) is 23.9 Å². The van der Waals surface area contributed by atoms with Crippen molar-refractivity contribution in [3.63, 3.8) is 0 Å². The van der Waals surface area contributed by atoms with E-state index in [0.717, 1.165) is 5.69 Å². The van der Waals surface area contributed by atoms with Gasteiger partial charge >= 0.3 is 0 Å². The van der Waals surface area contributed by atoms with Crippen molar-refractivity contribution in [2.75, 3.05) is 5.32 Å². The zero-order valence-electron chi connectivity index (χ0n) is 7.39. The fourth-order valence-electron chi connectivity index (χ4n) is 1.56. The van der Waals surface area contributed by atoms with Crippen LogP contribution in [-0.4, -0.2) is 15.3 Å². The third-order valence-electron chi connectivity index (χ3n) is 2.09. The summed E-state index contributed by atoms with van der Waals surface area (Å²) in [7, 11) is 0. The Labute approximate surface area is 94.2 Å². The molecule has 2 aromatic heterocycles. The Morgan fingerprint density at radius 1 is 1.47 bits per heavy atom. The summed E-state index contributed by atoms with van der Waals surface area (Å²) in [5, 5.41) is 4.49. The minimum absolute atomic E-state index is 0. The number of halogens is 1. The molecule has 0 saturated carbocycles. The molecule has 0 bridgehead atoms. The third kappa shape index (κ3) is 1.42. The van der Waals surface area contributed by atoms with Gasteiger partial charge in [-0.3, -0.25) is 14.0 Å². The Morgan fingerprint density at radius 2 is 2.27 bits per heavy atom. The number of carbonyl (C=O) groups excluding carboxylic acids is 1. The van der Waals surface area contributed by atoms with Crippen LogP contribution in [-0.2, 0) is 11.2 Å². The van der Waals surface area contributed by atoms with Gasteiger partial charge in [0, 0.05) is 17.1 Å². The zero-order chi connectivity index (χ0) is 9.71. The molecule has 1 amide bonds. The van der Waals surface area contributed by atoms with Crippen molar-refractivity contribution >= 4 is 40.4 Å². The molecule has 0 spiro atoms. The molecule has 0 radical (unpaired) electrons. The maximum absolute atomic E-state index is 11.2. The second-order valence-corrected chi connectivity index (χ2v) is 3.89. The summed E-state index contributed by atoms with van der Waals surface area (Å²) in [5.74, 6) is 0.433. The average molecular weight is 244 g/mol. The maximum Gasteiger partial charge on any atom is 0.276 e. The molecule has 0 unspecified atom stereocenters. The molecule has 0 fully saturated rings. The summed E-state index contributed by atoms with van der Waals surface area (Å²) in [6.07, 6.45) is 0.345. The Morgan fingerprint density at radius 3 is 3.07 bits per heavy atom. The highest BCUT2D eigenvalue weighted by atomic mass is 35.5. The summed E-state index contributed by atoms with van der Waals surface area (Å²) in [6.45, 7) is 0. The molecule has 15 heavy (non-hydrogen) atoms. The lowest BCUT2D eigenvalue weighted by atomic mass is 10.3. The minimum Gasteiger partial charge on any atom is -0.311 e. The van der Waals surface area contributed by atoms with E-state index >= 15 is 0 Å². The molecule has 5 nitrogen and oxygen atoms in total. The van der Waals surface area contributed by atoms with Crippen LogP contribution in [0.4, 0.5) is 5.82 Å². The van der Waals surface area contributed by atoms with Gasteiger partial charge in [-0.1, -0.05) is 0 Å². The van der Waals surface area contributed by atoms with Crippen LogP contribution in [0.1, 0.15) is 5.69 Å². The van der Waals surface area contributed by atoms with Crippen LogP contribution < -0.4 is 10.9 Å². The lowest BCUT2D eigenvalue weighted by Gasteiger charge is -2.14. The molecule has 1 aliphatic heterocycles. The van der Waals surface area contributed by atoms with Gasteiger partial charge in [-0.2, -0.15) is 4.98 Å². The minimum atomic E-state index is -0.324. The SMILES string of the molecule is Cl.O=C1Cc2csc3nc(=O)cc(n23)N1. The van der Waals surface area contributed by atoms with Crippen molar-refractivity contribution in [1.82, 2.24) is 9.38 Å². The maximum atomic E-state index is 11.2. The van der Waals surface area contributed by atoms with Crippen LogP contribution in [0, 0.1) is 0 Å². The fourth-order valence-corrected chi connectivity index (χ4v) is 2.45. The van der Waals surface area contributed by atoms with Gasteiger partial charge in [0.15, 0.2) is 4.96 Å². The normalized spacial score (nSPS) is 13.5. The molecule has 1 N–H and O–H groups in total. The number of nitrogens with one attached hydrogen (secondary N) is 1. The van der Waals surface area contributed by atoms with Gasteiger partial charge in [-0.25, -0.2) is 0 Å². The first-order valence-electron chi connectivity index (χ1n) is 4.04. The number of nitrogens with zero attached hydrogens (tertiary/aromatic N) is 2. The first-order chi connectivity index (χ1) is 6.74. The predicted octanol–water partition coefficient (Wildman–Crippen LogP) is 0.672. The average Bonchev–Trinajstić information content (AvgIpc) is 2.48. The molecular weight excluding hydrogens is 238 g/mol. The van der Waals surface area contributed by atoms with Gasteiger partial charge in [-0.15, -0.1) is 23.7 Å². The zero-order valence-corrected chi connectivity index (χ0v) is 9.02.